The molecule has 5 nitrogen and oxygen atoms in total. The van der Waals surface area contributed by atoms with Gasteiger partial charge in [0.2, 0.25) is 5.91 Å². The summed E-state index contributed by atoms with van der Waals surface area (Å²) in [5.74, 6) is 1.26. The number of carbonyl (C=O) groups is 1. The maximum Gasteiger partial charge on any atom is 0.336 e. The Labute approximate surface area is 141 Å². The average Bonchev–Trinajstić information content (AvgIpc) is 2.57. The second-order valence-corrected chi connectivity index (χ2v) is 6.50. The van der Waals surface area contributed by atoms with Crippen LogP contribution in [0.5, 0.6) is 5.75 Å². The highest BCUT2D eigenvalue weighted by molar-refractivity contribution is 5.85. The highest BCUT2D eigenvalue weighted by Crippen LogP contribution is 2.29. The zero-order valence-electron chi connectivity index (χ0n) is 14.4. The van der Waals surface area contributed by atoms with Gasteiger partial charge in [0.1, 0.15) is 11.3 Å². The van der Waals surface area contributed by atoms with Crippen LogP contribution < -0.4 is 10.4 Å². The quantitative estimate of drug-likeness (QED) is 0.809. The van der Waals surface area contributed by atoms with E-state index >= 15 is 0 Å². The number of hydrogen-bond donors (Lipinski definition) is 0. The number of aryl methyl sites for hydroxylation is 2. The van der Waals surface area contributed by atoms with E-state index in [1.165, 1.54) is 0 Å². The lowest BCUT2D eigenvalue weighted by Gasteiger charge is -2.29. The van der Waals surface area contributed by atoms with E-state index in [0.29, 0.717) is 24.5 Å². The normalized spacial score (nSPS) is 18.2. The molecule has 24 heavy (non-hydrogen) atoms. The topological polar surface area (TPSA) is 59.8 Å². The van der Waals surface area contributed by atoms with E-state index in [1.807, 2.05) is 33.0 Å². The Hall–Kier alpha value is -2.30. The highest BCUT2D eigenvalue weighted by atomic mass is 16.5. The van der Waals surface area contributed by atoms with E-state index < -0.39 is 0 Å². The van der Waals surface area contributed by atoms with Gasteiger partial charge in [0.25, 0.3) is 0 Å². The van der Waals surface area contributed by atoms with Gasteiger partial charge in [0.05, 0.1) is 6.61 Å². The molecule has 1 aliphatic rings. The summed E-state index contributed by atoms with van der Waals surface area (Å²) >= 11 is 0. The third kappa shape index (κ3) is 3.16. The Balaban J connectivity index is 1.82. The molecule has 0 N–H and O–H groups in total. The predicted octanol–water partition coefficient (Wildman–Crippen LogP) is 2.91. The molecule has 1 aromatic carbocycles. The van der Waals surface area contributed by atoms with Crippen molar-refractivity contribution in [3.05, 3.63) is 39.7 Å². The van der Waals surface area contributed by atoms with Crippen molar-refractivity contribution in [2.45, 2.75) is 33.1 Å². The number of benzene rings is 1. The van der Waals surface area contributed by atoms with Crippen LogP contribution in [0.2, 0.25) is 0 Å². The average molecular weight is 329 g/mol. The molecule has 0 radical (unpaired) electrons. The fraction of sp³-hybridized carbons (Fsp3) is 0.474. The van der Waals surface area contributed by atoms with Gasteiger partial charge in [-0.2, -0.15) is 0 Å². The Morgan fingerprint density at radius 3 is 2.83 bits per heavy atom. The summed E-state index contributed by atoms with van der Waals surface area (Å²) in [7, 11) is 1.83. The number of carbonyl (C=O) groups excluding carboxylic acids is 1. The number of piperidine rings is 1. The Kier molecular flexibility index (Phi) is 4.60. The predicted molar refractivity (Wildman–Crippen MR) is 92.5 cm³/mol. The molecular weight excluding hydrogens is 306 g/mol. The summed E-state index contributed by atoms with van der Waals surface area (Å²) in [5, 5.41) is 0.963. The zero-order valence-corrected chi connectivity index (χ0v) is 14.4. The molecule has 0 spiro atoms. The molecule has 128 valence electrons. The first-order valence-corrected chi connectivity index (χ1v) is 8.42. The van der Waals surface area contributed by atoms with Gasteiger partial charge in [0.15, 0.2) is 0 Å². The van der Waals surface area contributed by atoms with Crippen LogP contribution in [-0.2, 0) is 11.2 Å². The minimum absolute atomic E-state index is 0.196. The Morgan fingerprint density at radius 1 is 1.33 bits per heavy atom. The zero-order chi connectivity index (χ0) is 17.3. The lowest BCUT2D eigenvalue weighted by molar-refractivity contribution is -0.133. The van der Waals surface area contributed by atoms with Crippen LogP contribution in [0.3, 0.4) is 0 Å². The van der Waals surface area contributed by atoms with Gasteiger partial charge in [-0.05, 0) is 37.5 Å². The molecule has 1 fully saturated rings. The summed E-state index contributed by atoms with van der Waals surface area (Å²) in [6, 6.07) is 5.45. The van der Waals surface area contributed by atoms with Crippen molar-refractivity contribution < 1.29 is 13.9 Å². The van der Waals surface area contributed by atoms with E-state index in [0.717, 1.165) is 41.6 Å². The smallest absolute Gasteiger partial charge is 0.336 e. The van der Waals surface area contributed by atoms with Gasteiger partial charge in [0, 0.05) is 42.9 Å². The van der Waals surface area contributed by atoms with Crippen LogP contribution >= 0.6 is 0 Å². The van der Waals surface area contributed by atoms with Crippen molar-refractivity contribution in [1.29, 1.82) is 0 Å². The molecule has 0 saturated carbocycles. The SMILES string of the molecule is CCc1cc(=O)oc2c(C)c(OCC3CCC(=O)N(C)C3)ccc12. The maximum atomic E-state index is 11.8. The standard InChI is InChI=1S/C19H23NO4/c1-4-14-9-18(22)24-19-12(2)16(7-6-15(14)19)23-11-13-5-8-17(21)20(3)10-13/h6-7,9,13H,4-5,8,10-11H2,1-3H3. The number of nitrogens with zero attached hydrogens (tertiary/aromatic N) is 1. The van der Waals surface area contributed by atoms with E-state index in [-0.39, 0.29) is 11.5 Å². The monoisotopic (exact) mass is 329 g/mol. The Morgan fingerprint density at radius 2 is 2.12 bits per heavy atom. The van der Waals surface area contributed by atoms with Crippen LogP contribution in [0.4, 0.5) is 0 Å². The van der Waals surface area contributed by atoms with E-state index in [9.17, 15) is 9.59 Å². The van der Waals surface area contributed by atoms with Crippen LogP contribution in [-0.4, -0.2) is 31.0 Å². The molecule has 0 bridgehead atoms. The first-order chi connectivity index (χ1) is 11.5. The van der Waals surface area contributed by atoms with Gasteiger partial charge in [-0.15, -0.1) is 0 Å². The first-order valence-electron chi connectivity index (χ1n) is 8.42. The summed E-state index contributed by atoms with van der Waals surface area (Å²) in [6.45, 7) is 5.22. The number of hydrogen-bond acceptors (Lipinski definition) is 4. The molecule has 1 unspecified atom stereocenters. The van der Waals surface area contributed by atoms with Gasteiger partial charge in [-0.25, -0.2) is 4.79 Å². The van der Waals surface area contributed by atoms with Crippen molar-refractivity contribution in [2.24, 2.45) is 5.92 Å². The second kappa shape index (κ2) is 6.67. The van der Waals surface area contributed by atoms with Gasteiger partial charge < -0.3 is 14.1 Å². The lowest BCUT2D eigenvalue weighted by atomic mass is 9.99. The summed E-state index contributed by atoms with van der Waals surface area (Å²) < 4.78 is 11.4. The van der Waals surface area contributed by atoms with E-state index in [4.69, 9.17) is 9.15 Å². The summed E-state index contributed by atoms with van der Waals surface area (Å²) in [4.78, 5) is 25.1. The molecule has 1 aromatic heterocycles. The number of ether oxygens (including phenoxy) is 1. The number of likely N-dealkylation sites (tertiary alicyclic amines) is 1. The molecule has 5 heteroatoms. The third-order valence-electron chi connectivity index (χ3n) is 4.78. The fourth-order valence-corrected chi connectivity index (χ4v) is 3.30. The van der Waals surface area contributed by atoms with Crippen molar-refractivity contribution in [3.63, 3.8) is 0 Å². The van der Waals surface area contributed by atoms with Crippen molar-refractivity contribution >= 4 is 16.9 Å². The number of amides is 1. The van der Waals surface area contributed by atoms with E-state index in [1.54, 1.807) is 11.0 Å². The van der Waals surface area contributed by atoms with Gasteiger partial charge in [-0.1, -0.05) is 6.92 Å². The second-order valence-electron chi connectivity index (χ2n) is 6.50. The highest BCUT2D eigenvalue weighted by Gasteiger charge is 2.23. The molecule has 1 atom stereocenters. The van der Waals surface area contributed by atoms with E-state index in [2.05, 4.69) is 0 Å². The molecule has 2 aromatic rings. The first kappa shape index (κ1) is 16.6. The lowest BCUT2D eigenvalue weighted by Crippen LogP contribution is -2.38. The molecule has 3 rings (SSSR count). The van der Waals surface area contributed by atoms with Crippen molar-refractivity contribution in [2.75, 3.05) is 20.2 Å². The number of rotatable bonds is 4. The van der Waals surface area contributed by atoms with Gasteiger partial charge >= 0.3 is 5.63 Å². The molecule has 0 aliphatic carbocycles. The maximum absolute atomic E-state index is 11.8. The fourth-order valence-electron chi connectivity index (χ4n) is 3.30. The van der Waals surface area contributed by atoms with Crippen LogP contribution in [0.25, 0.3) is 11.0 Å². The van der Waals surface area contributed by atoms with Crippen LogP contribution in [0.1, 0.15) is 30.9 Å². The molecule has 2 heterocycles. The summed E-state index contributed by atoms with van der Waals surface area (Å²) in [5.41, 5.74) is 2.11. The van der Waals surface area contributed by atoms with Gasteiger partial charge in [-0.3, -0.25) is 4.79 Å². The largest absolute Gasteiger partial charge is 0.493 e. The molecule has 1 saturated heterocycles. The van der Waals surface area contributed by atoms with Crippen molar-refractivity contribution in [1.82, 2.24) is 4.90 Å². The number of fused-ring (bicyclic) bond motifs is 1. The molecule has 1 aliphatic heterocycles. The minimum Gasteiger partial charge on any atom is -0.493 e. The third-order valence-corrected chi connectivity index (χ3v) is 4.78. The van der Waals surface area contributed by atoms with Crippen LogP contribution in [0, 0.1) is 12.8 Å². The van der Waals surface area contributed by atoms with Crippen molar-refractivity contribution in [3.8, 4) is 5.75 Å². The molecule has 1 amide bonds. The minimum atomic E-state index is -0.327. The summed E-state index contributed by atoms with van der Waals surface area (Å²) in [6.07, 6.45) is 2.21. The molecular formula is C19H23NO4. The van der Waals surface area contributed by atoms with Crippen LogP contribution in [0.15, 0.2) is 27.4 Å². The Bertz CT molecular complexity index is 824.